The lowest BCUT2D eigenvalue weighted by Gasteiger charge is -2.33. The van der Waals surface area contributed by atoms with E-state index in [-0.39, 0.29) is 11.4 Å². The molecule has 1 aliphatic rings. The first-order valence-electron chi connectivity index (χ1n) is 6.20. The van der Waals surface area contributed by atoms with Gasteiger partial charge in [0.25, 0.3) is 0 Å². The van der Waals surface area contributed by atoms with Crippen LogP contribution in [0.2, 0.25) is 0 Å². The van der Waals surface area contributed by atoms with Crippen LogP contribution in [0.1, 0.15) is 18.1 Å². The molecule has 3 N–H and O–H groups in total. The molecule has 0 amide bonds. The molecule has 1 aromatic rings. The van der Waals surface area contributed by atoms with E-state index in [1.54, 1.807) is 12.1 Å². The second-order valence-corrected chi connectivity index (χ2v) is 5.81. The molecule has 1 heterocycles. The van der Waals surface area contributed by atoms with Gasteiger partial charge in [0.05, 0.1) is 5.56 Å². The third kappa shape index (κ3) is 3.19. The Morgan fingerprint density at radius 1 is 1.63 bits per heavy atom. The molecular weight excluding hydrogens is 265 g/mol. The normalized spacial score (nSPS) is 21.6. The van der Waals surface area contributed by atoms with Crippen LogP contribution in [0, 0.1) is 5.82 Å². The molecule has 0 spiro atoms. The van der Waals surface area contributed by atoms with E-state index in [0.29, 0.717) is 18.2 Å². The lowest BCUT2D eigenvalue weighted by molar-refractivity contribution is 0.221. The molecule has 6 heteroatoms. The molecule has 1 atom stereocenters. The summed E-state index contributed by atoms with van der Waals surface area (Å²) in [5.74, 6) is 1.55. The molecule has 2 rings (SSSR count). The van der Waals surface area contributed by atoms with Gasteiger partial charge in [-0.2, -0.15) is 11.8 Å². The minimum atomic E-state index is -0.400. The van der Waals surface area contributed by atoms with Gasteiger partial charge in [0.1, 0.15) is 5.82 Å². The fraction of sp³-hybridized carbons (Fsp3) is 0.462. The summed E-state index contributed by atoms with van der Waals surface area (Å²) >= 11 is 1.93. The number of hydrogen-bond acceptors (Lipinski definition) is 4. The number of oxime groups is 1. The molecule has 0 radical (unpaired) electrons. The van der Waals surface area contributed by atoms with Crippen molar-refractivity contribution in [2.24, 2.45) is 10.9 Å². The predicted molar refractivity (Wildman–Crippen MR) is 76.1 cm³/mol. The average molecular weight is 283 g/mol. The van der Waals surface area contributed by atoms with Gasteiger partial charge in [-0.05, 0) is 13.0 Å². The molecule has 0 bridgehead atoms. The zero-order valence-electron chi connectivity index (χ0n) is 10.8. The van der Waals surface area contributed by atoms with Crippen molar-refractivity contribution in [3.63, 3.8) is 0 Å². The number of amidine groups is 1. The standard InChI is InChI=1S/C13H18FN3OS/c1-9-8-19-6-5-17(9)7-10-3-2-4-11(12(10)14)13(15)16-18/h2-4,9,18H,5-8H2,1H3,(H2,15,16). The van der Waals surface area contributed by atoms with Crippen LogP contribution in [0.5, 0.6) is 0 Å². The maximum atomic E-state index is 14.3. The van der Waals surface area contributed by atoms with Crippen molar-refractivity contribution in [3.8, 4) is 0 Å². The molecule has 0 saturated carbocycles. The molecule has 1 saturated heterocycles. The highest BCUT2D eigenvalue weighted by molar-refractivity contribution is 7.99. The number of nitrogens with zero attached hydrogens (tertiary/aromatic N) is 2. The van der Waals surface area contributed by atoms with Crippen LogP contribution in [0.25, 0.3) is 0 Å². The number of halogens is 1. The molecule has 104 valence electrons. The van der Waals surface area contributed by atoms with Crippen LogP contribution < -0.4 is 5.73 Å². The van der Waals surface area contributed by atoms with Crippen LogP contribution in [0.3, 0.4) is 0 Å². The number of nitrogens with two attached hydrogens (primary N) is 1. The number of benzene rings is 1. The summed E-state index contributed by atoms with van der Waals surface area (Å²) in [7, 11) is 0. The second kappa shape index (κ2) is 6.25. The van der Waals surface area contributed by atoms with Crippen molar-refractivity contribution < 1.29 is 9.60 Å². The molecule has 0 aliphatic carbocycles. The summed E-state index contributed by atoms with van der Waals surface area (Å²) in [6.45, 7) is 3.66. The first-order chi connectivity index (χ1) is 9.13. The SMILES string of the molecule is CC1CSCCN1Cc1cccc(/C(N)=N/O)c1F. The first-order valence-corrected chi connectivity index (χ1v) is 7.36. The van der Waals surface area contributed by atoms with Crippen molar-refractivity contribution in [1.29, 1.82) is 0 Å². The zero-order chi connectivity index (χ0) is 13.8. The van der Waals surface area contributed by atoms with Crippen molar-refractivity contribution in [3.05, 3.63) is 35.1 Å². The lowest BCUT2D eigenvalue weighted by atomic mass is 10.1. The molecule has 1 aliphatic heterocycles. The second-order valence-electron chi connectivity index (χ2n) is 4.66. The van der Waals surface area contributed by atoms with Crippen molar-refractivity contribution >= 4 is 17.6 Å². The van der Waals surface area contributed by atoms with Crippen molar-refractivity contribution in [2.45, 2.75) is 19.5 Å². The summed E-state index contributed by atoms with van der Waals surface area (Å²) in [5, 5.41) is 11.5. The summed E-state index contributed by atoms with van der Waals surface area (Å²) in [6.07, 6.45) is 0. The summed E-state index contributed by atoms with van der Waals surface area (Å²) < 4.78 is 14.3. The zero-order valence-corrected chi connectivity index (χ0v) is 11.7. The number of thioether (sulfide) groups is 1. The van der Waals surface area contributed by atoms with E-state index >= 15 is 0 Å². The van der Waals surface area contributed by atoms with Gasteiger partial charge in [0.2, 0.25) is 0 Å². The van der Waals surface area contributed by atoms with Crippen LogP contribution >= 0.6 is 11.8 Å². The Hall–Kier alpha value is -1.27. The maximum absolute atomic E-state index is 14.3. The molecule has 0 aromatic heterocycles. The smallest absolute Gasteiger partial charge is 0.173 e. The average Bonchev–Trinajstić information content (AvgIpc) is 2.42. The minimum Gasteiger partial charge on any atom is -0.409 e. The largest absolute Gasteiger partial charge is 0.409 e. The highest BCUT2D eigenvalue weighted by Crippen LogP contribution is 2.21. The Labute approximate surface area is 116 Å². The summed E-state index contributed by atoms with van der Waals surface area (Å²) in [4.78, 5) is 2.25. The van der Waals surface area contributed by atoms with Gasteiger partial charge in [0.15, 0.2) is 5.84 Å². The maximum Gasteiger partial charge on any atom is 0.173 e. The Morgan fingerprint density at radius 2 is 2.42 bits per heavy atom. The number of rotatable bonds is 3. The van der Waals surface area contributed by atoms with E-state index in [9.17, 15) is 4.39 Å². The van der Waals surface area contributed by atoms with E-state index in [1.807, 2.05) is 11.8 Å². The fourth-order valence-electron chi connectivity index (χ4n) is 2.17. The van der Waals surface area contributed by atoms with Crippen LogP contribution in [-0.4, -0.2) is 40.0 Å². The molecule has 1 aromatic carbocycles. The van der Waals surface area contributed by atoms with Crippen LogP contribution in [-0.2, 0) is 6.54 Å². The Balaban J connectivity index is 2.21. The molecule has 4 nitrogen and oxygen atoms in total. The molecule has 1 fully saturated rings. The summed E-state index contributed by atoms with van der Waals surface area (Å²) in [6, 6.07) is 5.43. The highest BCUT2D eigenvalue weighted by atomic mass is 32.2. The van der Waals surface area contributed by atoms with E-state index in [4.69, 9.17) is 10.9 Å². The van der Waals surface area contributed by atoms with Gasteiger partial charge in [0, 0.05) is 36.2 Å². The number of hydrogen-bond donors (Lipinski definition) is 2. The van der Waals surface area contributed by atoms with E-state index < -0.39 is 5.82 Å². The van der Waals surface area contributed by atoms with Gasteiger partial charge in [-0.25, -0.2) is 4.39 Å². The summed E-state index contributed by atoms with van der Waals surface area (Å²) in [5.41, 5.74) is 6.21. The third-order valence-electron chi connectivity index (χ3n) is 3.34. The Morgan fingerprint density at radius 3 is 3.11 bits per heavy atom. The topological polar surface area (TPSA) is 61.8 Å². The van der Waals surface area contributed by atoms with Gasteiger partial charge in [-0.1, -0.05) is 17.3 Å². The van der Waals surface area contributed by atoms with Crippen molar-refractivity contribution in [2.75, 3.05) is 18.1 Å². The molecule has 19 heavy (non-hydrogen) atoms. The predicted octanol–water partition coefficient (Wildman–Crippen LogP) is 1.86. The van der Waals surface area contributed by atoms with Crippen LogP contribution in [0.4, 0.5) is 4.39 Å². The third-order valence-corrected chi connectivity index (χ3v) is 4.53. The van der Waals surface area contributed by atoms with E-state index in [0.717, 1.165) is 18.1 Å². The monoisotopic (exact) mass is 283 g/mol. The van der Waals surface area contributed by atoms with Gasteiger partial charge >= 0.3 is 0 Å². The van der Waals surface area contributed by atoms with Gasteiger partial charge in [-0.15, -0.1) is 0 Å². The quantitative estimate of drug-likeness (QED) is 0.385. The highest BCUT2D eigenvalue weighted by Gasteiger charge is 2.21. The Bertz CT molecular complexity index is 481. The fourth-order valence-corrected chi connectivity index (χ4v) is 3.25. The molecule has 1 unspecified atom stereocenters. The van der Waals surface area contributed by atoms with E-state index in [1.165, 1.54) is 6.07 Å². The first kappa shape index (κ1) is 14.1. The van der Waals surface area contributed by atoms with Gasteiger partial charge < -0.3 is 10.9 Å². The van der Waals surface area contributed by atoms with Crippen molar-refractivity contribution in [1.82, 2.24) is 4.90 Å². The molecular formula is C13H18FN3OS. The van der Waals surface area contributed by atoms with Crippen LogP contribution in [0.15, 0.2) is 23.4 Å². The van der Waals surface area contributed by atoms with Gasteiger partial charge in [-0.3, -0.25) is 4.90 Å². The minimum absolute atomic E-state index is 0.152. The van der Waals surface area contributed by atoms with E-state index in [2.05, 4.69) is 17.0 Å². The lowest BCUT2D eigenvalue weighted by Crippen LogP contribution is -2.39. The Kier molecular flexibility index (Phi) is 4.66.